The number of nitrogens with one attached hydrogen (secondary N) is 1. The molecule has 0 unspecified atom stereocenters. The van der Waals surface area contributed by atoms with E-state index in [-0.39, 0.29) is 24.5 Å². The van der Waals surface area contributed by atoms with Crippen molar-refractivity contribution in [2.45, 2.75) is 51.2 Å². The van der Waals surface area contributed by atoms with Crippen molar-refractivity contribution in [3.63, 3.8) is 0 Å². The van der Waals surface area contributed by atoms with E-state index in [0.29, 0.717) is 23.7 Å². The van der Waals surface area contributed by atoms with Gasteiger partial charge in [-0.1, -0.05) is 54.8 Å². The molecule has 7 nitrogen and oxygen atoms in total. The molecule has 5 rings (SSSR count). The van der Waals surface area contributed by atoms with Gasteiger partial charge >= 0.3 is 6.03 Å². The molecule has 1 N–H and O–H groups in total. The van der Waals surface area contributed by atoms with Gasteiger partial charge in [0.2, 0.25) is 0 Å². The van der Waals surface area contributed by atoms with Gasteiger partial charge in [0.15, 0.2) is 0 Å². The van der Waals surface area contributed by atoms with E-state index in [9.17, 15) is 9.59 Å². The Morgan fingerprint density at radius 2 is 1.80 bits per heavy atom. The van der Waals surface area contributed by atoms with Crippen LogP contribution >= 0.6 is 11.6 Å². The number of para-hydroxylation sites is 1. The first-order valence-electron chi connectivity index (χ1n) is 12.2. The fourth-order valence-corrected chi connectivity index (χ4v) is 5.34. The Hall–Kier alpha value is -3.32. The van der Waals surface area contributed by atoms with Gasteiger partial charge in [-0.2, -0.15) is 5.10 Å². The molecule has 1 aromatic heterocycles. The van der Waals surface area contributed by atoms with Crippen LogP contribution in [0.25, 0.3) is 0 Å². The highest BCUT2D eigenvalue weighted by Crippen LogP contribution is 2.28. The molecule has 0 bridgehead atoms. The zero-order valence-electron chi connectivity index (χ0n) is 19.9. The topological polar surface area (TPSA) is 70.5 Å². The molecule has 8 heteroatoms. The quantitative estimate of drug-likeness (QED) is 0.550. The maximum absolute atomic E-state index is 13.6. The maximum Gasteiger partial charge on any atom is 0.317 e. The summed E-state index contributed by atoms with van der Waals surface area (Å²) in [6.07, 6.45) is 5.20. The van der Waals surface area contributed by atoms with Crippen LogP contribution in [-0.4, -0.2) is 39.2 Å². The van der Waals surface area contributed by atoms with Crippen LogP contribution in [0.4, 0.5) is 10.5 Å². The molecule has 2 aromatic carbocycles. The molecule has 2 aliphatic rings. The van der Waals surface area contributed by atoms with Gasteiger partial charge in [-0.05, 0) is 37.1 Å². The fourth-order valence-electron chi connectivity index (χ4n) is 5.12. The van der Waals surface area contributed by atoms with Crippen LogP contribution in [0.3, 0.4) is 0 Å². The molecule has 1 saturated carbocycles. The number of urea groups is 1. The Balaban J connectivity index is 1.42. The average Bonchev–Trinajstić information content (AvgIpc) is 3.50. The van der Waals surface area contributed by atoms with Crippen molar-refractivity contribution in [2.24, 2.45) is 7.05 Å². The Morgan fingerprint density at radius 3 is 2.54 bits per heavy atom. The Morgan fingerprint density at radius 1 is 1.09 bits per heavy atom. The summed E-state index contributed by atoms with van der Waals surface area (Å²) < 4.78 is 1.89. The molecular weight excluding hydrogens is 462 g/mol. The van der Waals surface area contributed by atoms with Gasteiger partial charge < -0.3 is 15.1 Å². The lowest BCUT2D eigenvalue weighted by atomic mass is 10.0. The number of aromatic nitrogens is 2. The third kappa shape index (κ3) is 4.91. The van der Waals surface area contributed by atoms with Crippen LogP contribution in [-0.2, 0) is 26.6 Å². The summed E-state index contributed by atoms with van der Waals surface area (Å²) in [7, 11) is 1.93. The smallest absolute Gasteiger partial charge is 0.317 e. The fraction of sp³-hybridized carbons (Fsp3) is 0.370. The SMILES string of the molecule is Cn1nc(CN(C(=O)c2ccccc2Cl)c2ccccc2)c2c1CCN(C(=O)NC1CCCC1)C2. The van der Waals surface area contributed by atoms with Crippen molar-refractivity contribution in [3.05, 3.63) is 82.1 Å². The molecule has 3 aromatic rings. The molecule has 1 aliphatic carbocycles. The first-order valence-corrected chi connectivity index (χ1v) is 12.6. The van der Waals surface area contributed by atoms with E-state index in [2.05, 4.69) is 5.32 Å². The number of benzene rings is 2. The number of anilines is 1. The van der Waals surface area contributed by atoms with Crippen LogP contribution in [0.5, 0.6) is 0 Å². The largest absolute Gasteiger partial charge is 0.335 e. The third-order valence-electron chi connectivity index (χ3n) is 7.02. The Labute approximate surface area is 210 Å². The highest BCUT2D eigenvalue weighted by molar-refractivity contribution is 6.34. The van der Waals surface area contributed by atoms with Crippen LogP contribution in [0.2, 0.25) is 5.02 Å². The van der Waals surface area contributed by atoms with E-state index in [4.69, 9.17) is 16.7 Å². The molecule has 1 aliphatic heterocycles. The van der Waals surface area contributed by atoms with Gasteiger partial charge in [0, 0.05) is 43.0 Å². The molecule has 2 heterocycles. The molecule has 0 saturated heterocycles. The van der Waals surface area contributed by atoms with E-state index in [0.717, 1.165) is 41.9 Å². The second-order valence-corrected chi connectivity index (χ2v) is 9.71. The van der Waals surface area contributed by atoms with Crippen LogP contribution in [0.1, 0.15) is 53.0 Å². The molecule has 0 spiro atoms. The van der Waals surface area contributed by atoms with E-state index in [1.165, 1.54) is 12.8 Å². The zero-order valence-corrected chi connectivity index (χ0v) is 20.7. The van der Waals surface area contributed by atoms with E-state index in [1.54, 1.807) is 17.0 Å². The summed E-state index contributed by atoms with van der Waals surface area (Å²) in [5.74, 6) is -0.187. The highest BCUT2D eigenvalue weighted by Gasteiger charge is 2.30. The molecule has 0 radical (unpaired) electrons. The van der Waals surface area contributed by atoms with E-state index >= 15 is 0 Å². The number of halogens is 1. The monoisotopic (exact) mass is 491 g/mol. The minimum Gasteiger partial charge on any atom is -0.335 e. The van der Waals surface area contributed by atoms with Gasteiger partial charge in [-0.15, -0.1) is 0 Å². The van der Waals surface area contributed by atoms with Crippen LogP contribution < -0.4 is 10.2 Å². The van der Waals surface area contributed by atoms with Crippen molar-refractivity contribution in [2.75, 3.05) is 11.4 Å². The number of carbonyl (C=O) groups excluding carboxylic acids is 2. The summed E-state index contributed by atoms with van der Waals surface area (Å²) in [5.41, 5.74) is 4.14. The predicted octanol–water partition coefficient (Wildman–Crippen LogP) is 4.93. The minimum absolute atomic E-state index is 0.00980. The lowest BCUT2D eigenvalue weighted by Crippen LogP contribution is -2.46. The van der Waals surface area contributed by atoms with Gasteiger partial charge in [-0.25, -0.2) is 4.79 Å². The third-order valence-corrected chi connectivity index (χ3v) is 7.35. The van der Waals surface area contributed by atoms with Crippen LogP contribution in [0, 0.1) is 0 Å². The van der Waals surface area contributed by atoms with Gasteiger partial charge in [0.05, 0.1) is 29.4 Å². The summed E-state index contributed by atoms with van der Waals surface area (Å²) in [4.78, 5) is 30.2. The molecule has 182 valence electrons. The number of hydrogen-bond donors (Lipinski definition) is 1. The molecule has 35 heavy (non-hydrogen) atoms. The molecular formula is C27H30ClN5O2. The lowest BCUT2D eigenvalue weighted by molar-refractivity contribution is 0.0984. The summed E-state index contributed by atoms with van der Waals surface area (Å²) in [5, 5.41) is 8.40. The van der Waals surface area contributed by atoms with Crippen LogP contribution in [0.15, 0.2) is 54.6 Å². The lowest BCUT2D eigenvalue weighted by Gasteiger charge is -2.30. The van der Waals surface area contributed by atoms with Crippen molar-refractivity contribution in [1.29, 1.82) is 0 Å². The first kappa shape index (κ1) is 23.4. The number of fused-ring (bicyclic) bond motifs is 1. The number of nitrogens with zero attached hydrogens (tertiary/aromatic N) is 4. The normalized spacial score (nSPS) is 15.7. The van der Waals surface area contributed by atoms with Crippen molar-refractivity contribution >= 4 is 29.2 Å². The second kappa shape index (κ2) is 10.1. The van der Waals surface area contributed by atoms with E-state index in [1.807, 2.05) is 59.1 Å². The van der Waals surface area contributed by atoms with Gasteiger partial charge in [0.25, 0.3) is 5.91 Å². The number of carbonyl (C=O) groups is 2. The minimum atomic E-state index is -0.187. The molecule has 0 atom stereocenters. The summed E-state index contributed by atoms with van der Waals surface area (Å²) >= 11 is 6.38. The first-order chi connectivity index (χ1) is 17.0. The van der Waals surface area contributed by atoms with Gasteiger partial charge in [-0.3, -0.25) is 9.48 Å². The zero-order chi connectivity index (χ0) is 24.4. The maximum atomic E-state index is 13.6. The summed E-state index contributed by atoms with van der Waals surface area (Å²) in [6, 6.07) is 16.9. The number of aryl methyl sites for hydroxylation is 1. The molecule has 3 amide bonds. The van der Waals surface area contributed by atoms with Crippen molar-refractivity contribution in [1.82, 2.24) is 20.0 Å². The second-order valence-electron chi connectivity index (χ2n) is 9.30. The van der Waals surface area contributed by atoms with Gasteiger partial charge in [0.1, 0.15) is 0 Å². The Kier molecular flexibility index (Phi) is 6.77. The average molecular weight is 492 g/mol. The van der Waals surface area contributed by atoms with Crippen molar-refractivity contribution in [3.8, 4) is 0 Å². The number of amides is 3. The number of hydrogen-bond acceptors (Lipinski definition) is 3. The van der Waals surface area contributed by atoms with Crippen molar-refractivity contribution < 1.29 is 9.59 Å². The van der Waals surface area contributed by atoms with E-state index < -0.39 is 0 Å². The standard InChI is InChI=1S/C27H30ClN5O2/c1-31-25-15-16-32(27(35)29-19-9-5-6-10-19)17-22(25)24(30-31)18-33(20-11-3-2-4-12-20)26(34)21-13-7-8-14-23(21)28/h2-4,7-8,11-14,19H,5-6,9-10,15-18H2,1H3,(H,29,35). The Bertz CT molecular complexity index is 1220. The predicted molar refractivity (Wildman–Crippen MR) is 137 cm³/mol. The summed E-state index contributed by atoms with van der Waals surface area (Å²) in [6.45, 7) is 1.43. The molecule has 1 fully saturated rings. The number of rotatable bonds is 5. The highest BCUT2D eigenvalue weighted by atomic mass is 35.5.